The van der Waals surface area contributed by atoms with Crippen molar-refractivity contribution in [2.24, 2.45) is 5.10 Å². The molecular weight excluding hydrogens is 290 g/mol. The molecule has 5 nitrogen and oxygen atoms in total. The van der Waals surface area contributed by atoms with Gasteiger partial charge in [0.2, 0.25) is 5.91 Å². The van der Waals surface area contributed by atoms with Crippen LogP contribution in [0.1, 0.15) is 27.6 Å². The van der Waals surface area contributed by atoms with E-state index >= 15 is 0 Å². The van der Waals surface area contributed by atoms with Gasteiger partial charge in [-0.3, -0.25) is 14.2 Å². The zero-order valence-corrected chi connectivity index (χ0v) is 12.6. The highest BCUT2D eigenvalue weighted by Crippen LogP contribution is 2.19. The van der Waals surface area contributed by atoms with Crippen LogP contribution in [0.3, 0.4) is 0 Å². The number of nitrogens with one attached hydrogen (secondary N) is 1. The molecule has 0 radical (unpaired) electrons. The number of nitrogens with zero attached hydrogens (tertiary/aromatic N) is 2. The highest BCUT2D eigenvalue weighted by atomic mass is 16.2. The zero-order valence-electron chi connectivity index (χ0n) is 12.6. The summed E-state index contributed by atoms with van der Waals surface area (Å²) in [5.74, 6) is -0.355. The molecule has 23 heavy (non-hydrogen) atoms. The maximum absolute atomic E-state index is 11.9. The number of fused-ring (bicyclic) bond motifs is 1. The first-order valence-electron chi connectivity index (χ1n) is 7.16. The summed E-state index contributed by atoms with van der Waals surface area (Å²) in [6.07, 6.45) is 3.26. The molecule has 0 spiro atoms. The van der Waals surface area contributed by atoms with E-state index in [4.69, 9.17) is 0 Å². The quantitative estimate of drug-likeness (QED) is 0.597. The number of para-hydroxylation sites is 1. The predicted molar refractivity (Wildman–Crippen MR) is 89.7 cm³/mol. The highest BCUT2D eigenvalue weighted by molar-refractivity contribution is 6.03. The first kappa shape index (κ1) is 14.7. The normalized spacial score (nSPS) is 11.0. The van der Waals surface area contributed by atoms with Gasteiger partial charge in [0.25, 0.3) is 5.91 Å². The predicted octanol–water partition coefficient (Wildman–Crippen LogP) is 3.07. The summed E-state index contributed by atoms with van der Waals surface area (Å²) in [7, 11) is 0. The SMILES string of the molecule is CC(=O)n1cc(/C=N\NC(=O)c2ccccc2)c2ccccc21. The summed E-state index contributed by atoms with van der Waals surface area (Å²) in [4.78, 5) is 23.6. The largest absolute Gasteiger partial charge is 0.287 e. The minimum Gasteiger partial charge on any atom is -0.287 e. The van der Waals surface area contributed by atoms with Crippen LogP contribution < -0.4 is 5.43 Å². The van der Waals surface area contributed by atoms with Crippen LogP contribution in [0.5, 0.6) is 0 Å². The molecule has 3 aromatic rings. The van der Waals surface area contributed by atoms with E-state index in [2.05, 4.69) is 10.5 Å². The lowest BCUT2D eigenvalue weighted by Gasteiger charge is -1.98. The van der Waals surface area contributed by atoms with Gasteiger partial charge in [-0.25, -0.2) is 5.43 Å². The Bertz CT molecular complexity index is 895. The van der Waals surface area contributed by atoms with Crippen molar-refractivity contribution in [3.05, 3.63) is 71.9 Å². The third-order valence-electron chi connectivity index (χ3n) is 3.49. The molecule has 3 rings (SSSR count). The summed E-state index contributed by atoms with van der Waals surface area (Å²) in [6.45, 7) is 1.50. The summed E-state index contributed by atoms with van der Waals surface area (Å²) >= 11 is 0. The summed E-state index contributed by atoms with van der Waals surface area (Å²) in [5, 5.41) is 4.89. The minimum absolute atomic E-state index is 0.0748. The number of rotatable bonds is 3. The molecule has 0 aliphatic carbocycles. The van der Waals surface area contributed by atoms with Crippen LogP contribution in [0, 0.1) is 0 Å². The lowest BCUT2D eigenvalue weighted by atomic mass is 10.2. The fourth-order valence-corrected chi connectivity index (χ4v) is 2.38. The van der Waals surface area contributed by atoms with Crippen molar-refractivity contribution in [1.82, 2.24) is 9.99 Å². The van der Waals surface area contributed by atoms with Gasteiger partial charge in [-0.15, -0.1) is 0 Å². The molecule has 1 N–H and O–H groups in total. The Labute approximate surface area is 133 Å². The first-order valence-corrected chi connectivity index (χ1v) is 7.16. The standard InChI is InChI=1S/C18H15N3O2/c1-13(22)21-12-15(16-9-5-6-10-17(16)21)11-19-20-18(23)14-7-3-2-4-8-14/h2-12H,1H3,(H,20,23)/b19-11-. The molecule has 1 aromatic heterocycles. The van der Waals surface area contributed by atoms with Crippen LogP contribution >= 0.6 is 0 Å². The third-order valence-corrected chi connectivity index (χ3v) is 3.49. The molecule has 0 bridgehead atoms. The molecule has 0 aliphatic rings. The maximum Gasteiger partial charge on any atom is 0.271 e. The van der Waals surface area contributed by atoms with E-state index in [1.165, 1.54) is 6.92 Å². The number of amides is 1. The molecule has 0 unspecified atom stereocenters. The van der Waals surface area contributed by atoms with Crippen molar-refractivity contribution < 1.29 is 9.59 Å². The topological polar surface area (TPSA) is 63.5 Å². The molecule has 0 aliphatic heterocycles. The van der Waals surface area contributed by atoms with E-state index < -0.39 is 0 Å². The van der Waals surface area contributed by atoms with Crippen LogP contribution in [0.25, 0.3) is 10.9 Å². The average molecular weight is 305 g/mol. The van der Waals surface area contributed by atoms with Crippen molar-refractivity contribution in [2.75, 3.05) is 0 Å². The number of hydrogen-bond acceptors (Lipinski definition) is 3. The van der Waals surface area contributed by atoms with Crippen molar-refractivity contribution >= 4 is 28.9 Å². The van der Waals surface area contributed by atoms with E-state index in [1.54, 1.807) is 41.2 Å². The van der Waals surface area contributed by atoms with E-state index in [1.807, 2.05) is 30.3 Å². The van der Waals surface area contributed by atoms with Crippen LogP contribution in [-0.4, -0.2) is 22.6 Å². The molecular formula is C18H15N3O2. The Morgan fingerprint density at radius 2 is 1.74 bits per heavy atom. The molecule has 1 heterocycles. The zero-order chi connectivity index (χ0) is 16.2. The lowest BCUT2D eigenvalue weighted by Crippen LogP contribution is -2.17. The first-order chi connectivity index (χ1) is 11.2. The minimum atomic E-state index is -0.280. The Kier molecular flexibility index (Phi) is 4.01. The monoisotopic (exact) mass is 305 g/mol. The van der Waals surface area contributed by atoms with Gasteiger partial charge in [0.05, 0.1) is 11.7 Å². The Morgan fingerprint density at radius 1 is 1.04 bits per heavy atom. The second kappa shape index (κ2) is 6.27. The Morgan fingerprint density at radius 3 is 2.48 bits per heavy atom. The Hall–Kier alpha value is -3.21. The summed E-state index contributed by atoms with van der Waals surface area (Å²) in [5.41, 5.74) is 4.61. The fraction of sp³-hybridized carbons (Fsp3) is 0.0556. The van der Waals surface area contributed by atoms with Gasteiger partial charge in [0, 0.05) is 29.6 Å². The molecule has 114 valence electrons. The van der Waals surface area contributed by atoms with Crippen molar-refractivity contribution in [3.8, 4) is 0 Å². The van der Waals surface area contributed by atoms with E-state index in [0.29, 0.717) is 5.56 Å². The second-order valence-corrected chi connectivity index (χ2v) is 5.06. The van der Waals surface area contributed by atoms with Crippen LogP contribution in [0.2, 0.25) is 0 Å². The smallest absolute Gasteiger partial charge is 0.271 e. The van der Waals surface area contributed by atoms with Gasteiger partial charge in [-0.05, 0) is 18.2 Å². The molecule has 0 saturated heterocycles. The van der Waals surface area contributed by atoms with Gasteiger partial charge in [0.15, 0.2) is 0 Å². The number of aromatic nitrogens is 1. The second-order valence-electron chi connectivity index (χ2n) is 5.06. The van der Waals surface area contributed by atoms with Gasteiger partial charge in [-0.2, -0.15) is 5.10 Å². The van der Waals surface area contributed by atoms with Gasteiger partial charge in [0.1, 0.15) is 0 Å². The molecule has 0 fully saturated rings. The molecule has 0 saturated carbocycles. The van der Waals surface area contributed by atoms with Crippen molar-refractivity contribution in [3.63, 3.8) is 0 Å². The highest BCUT2D eigenvalue weighted by Gasteiger charge is 2.09. The average Bonchev–Trinajstić information content (AvgIpc) is 2.95. The van der Waals surface area contributed by atoms with E-state index in [9.17, 15) is 9.59 Å². The van der Waals surface area contributed by atoms with Gasteiger partial charge in [-0.1, -0.05) is 36.4 Å². The van der Waals surface area contributed by atoms with Crippen LogP contribution in [0.15, 0.2) is 65.9 Å². The summed E-state index contributed by atoms with van der Waals surface area (Å²) in [6, 6.07) is 16.4. The third kappa shape index (κ3) is 3.03. The molecule has 5 heteroatoms. The lowest BCUT2D eigenvalue weighted by molar-refractivity contribution is 0.0937. The molecule has 2 aromatic carbocycles. The Balaban J connectivity index is 1.84. The van der Waals surface area contributed by atoms with Crippen LogP contribution in [-0.2, 0) is 0 Å². The van der Waals surface area contributed by atoms with Gasteiger partial charge >= 0.3 is 0 Å². The number of benzene rings is 2. The number of carbonyl (C=O) groups is 2. The van der Waals surface area contributed by atoms with E-state index in [0.717, 1.165) is 16.5 Å². The molecule has 0 atom stereocenters. The van der Waals surface area contributed by atoms with Crippen LogP contribution in [0.4, 0.5) is 0 Å². The molecule has 1 amide bonds. The summed E-state index contributed by atoms with van der Waals surface area (Å²) < 4.78 is 1.57. The number of hydrogen-bond donors (Lipinski definition) is 1. The van der Waals surface area contributed by atoms with Crippen molar-refractivity contribution in [1.29, 1.82) is 0 Å². The van der Waals surface area contributed by atoms with Gasteiger partial charge < -0.3 is 0 Å². The number of carbonyl (C=O) groups excluding carboxylic acids is 2. The van der Waals surface area contributed by atoms with E-state index in [-0.39, 0.29) is 11.8 Å². The number of hydrazone groups is 1. The maximum atomic E-state index is 11.9. The fourth-order valence-electron chi connectivity index (χ4n) is 2.38. The van der Waals surface area contributed by atoms with Crippen molar-refractivity contribution in [2.45, 2.75) is 6.92 Å².